The summed E-state index contributed by atoms with van der Waals surface area (Å²) in [5.74, 6) is -0.911. The molecule has 8 heteroatoms. The highest BCUT2D eigenvalue weighted by atomic mass is 32.2. The van der Waals surface area contributed by atoms with Crippen LogP contribution in [-0.4, -0.2) is 36.2 Å². The van der Waals surface area contributed by atoms with E-state index >= 15 is 0 Å². The topological polar surface area (TPSA) is 118 Å². The molecule has 0 fully saturated rings. The van der Waals surface area contributed by atoms with Crippen LogP contribution in [0.1, 0.15) is 26.3 Å². The normalized spacial score (nSPS) is 14.1. The van der Waals surface area contributed by atoms with E-state index in [4.69, 9.17) is 5.73 Å². The van der Waals surface area contributed by atoms with Crippen molar-refractivity contribution in [1.29, 1.82) is 0 Å². The summed E-state index contributed by atoms with van der Waals surface area (Å²) in [5.41, 5.74) is 6.87. The molecule has 3 rings (SSSR count). The van der Waals surface area contributed by atoms with E-state index < -0.39 is 21.9 Å². The monoisotopic (exact) mass is 346 g/mol. The zero-order valence-corrected chi connectivity index (χ0v) is 13.3. The van der Waals surface area contributed by atoms with Crippen LogP contribution in [0.15, 0.2) is 47.4 Å². The summed E-state index contributed by atoms with van der Waals surface area (Å²) in [6, 6.07) is 10.4. The lowest BCUT2D eigenvalue weighted by Crippen LogP contribution is -2.32. The van der Waals surface area contributed by atoms with Gasteiger partial charge in [-0.1, -0.05) is 18.2 Å². The number of amides is 2. The number of nitrogens with two attached hydrogens (primary N) is 1. The zero-order valence-electron chi connectivity index (χ0n) is 12.5. The first kappa shape index (κ1) is 16.2. The zero-order chi connectivity index (χ0) is 17.5. The van der Waals surface area contributed by atoms with Gasteiger partial charge in [0.15, 0.2) is 0 Å². The summed E-state index contributed by atoms with van der Waals surface area (Å²) in [4.78, 5) is 25.5. The molecule has 2 aromatic carbocycles. The third-order valence-corrected chi connectivity index (χ3v) is 4.80. The van der Waals surface area contributed by atoms with Gasteiger partial charge in [-0.05, 0) is 36.2 Å². The first-order valence-corrected chi connectivity index (χ1v) is 8.54. The van der Waals surface area contributed by atoms with Gasteiger partial charge in [0.05, 0.1) is 16.0 Å². The summed E-state index contributed by atoms with van der Waals surface area (Å²) >= 11 is 0. The van der Waals surface area contributed by atoms with Crippen molar-refractivity contribution in [2.75, 3.05) is 12.3 Å². The minimum absolute atomic E-state index is 0.00121. The fourth-order valence-electron chi connectivity index (χ4n) is 2.71. The maximum Gasteiger partial charge on any atom is 0.294 e. The molecule has 0 atom stereocenters. The van der Waals surface area contributed by atoms with Crippen molar-refractivity contribution in [3.8, 4) is 0 Å². The van der Waals surface area contributed by atoms with Gasteiger partial charge in [-0.15, -0.1) is 0 Å². The van der Waals surface area contributed by atoms with Gasteiger partial charge < -0.3 is 5.73 Å². The molecule has 0 bridgehead atoms. The summed E-state index contributed by atoms with van der Waals surface area (Å²) < 4.78 is 32.0. The number of carbonyl (C=O) groups excluding carboxylic acids is 2. The van der Waals surface area contributed by atoms with Crippen molar-refractivity contribution in [2.45, 2.75) is 11.3 Å². The second-order valence-corrected chi connectivity index (χ2v) is 6.79. The number of benzene rings is 2. The molecular formula is C16H14N2O5S. The molecule has 1 aliphatic heterocycles. The number of rotatable bonds is 4. The molecular weight excluding hydrogens is 332 g/mol. The molecule has 2 amide bonds. The molecule has 0 radical (unpaired) electrons. The average Bonchev–Trinajstić information content (AvgIpc) is 2.76. The van der Waals surface area contributed by atoms with Gasteiger partial charge in [-0.3, -0.25) is 19.0 Å². The molecule has 3 N–H and O–H groups in total. The Morgan fingerprint density at radius 2 is 1.67 bits per heavy atom. The lowest BCUT2D eigenvalue weighted by Gasteiger charge is -2.14. The largest absolute Gasteiger partial charge is 0.399 e. The van der Waals surface area contributed by atoms with Crippen LogP contribution in [-0.2, 0) is 16.5 Å². The fourth-order valence-corrected chi connectivity index (χ4v) is 3.46. The highest BCUT2D eigenvalue weighted by Gasteiger charge is 2.35. The number of anilines is 1. The predicted molar refractivity (Wildman–Crippen MR) is 86.2 cm³/mol. The molecule has 2 aromatic rings. The highest BCUT2D eigenvalue weighted by Crippen LogP contribution is 2.25. The second-order valence-electron chi connectivity index (χ2n) is 5.40. The van der Waals surface area contributed by atoms with Crippen molar-refractivity contribution in [3.05, 3.63) is 59.2 Å². The summed E-state index contributed by atoms with van der Waals surface area (Å²) in [7, 11) is -4.37. The molecule has 1 heterocycles. The Bertz CT molecular complexity index is 953. The number of carbonyl (C=O) groups is 2. The second kappa shape index (κ2) is 5.73. The maximum absolute atomic E-state index is 12.3. The van der Waals surface area contributed by atoms with E-state index in [0.717, 1.165) is 4.90 Å². The Morgan fingerprint density at radius 1 is 1.00 bits per heavy atom. The van der Waals surface area contributed by atoms with Gasteiger partial charge in [0.25, 0.3) is 21.9 Å². The van der Waals surface area contributed by atoms with Crippen LogP contribution in [0.25, 0.3) is 0 Å². The summed E-state index contributed by atoms with van der Waals surface area (Å²) in [5, 5.41) is 0. The first-order chi connectivity index (χ1) is 11.3. The minimum Gasteiger partial charge on any atom is -0.399 e. The average molecular weight is 346 g/mol. The first-order valence-electron chi connectivity index (χ1n) is 7.10. The molecule has 0 saturated carbocycles. The molecule has 1 aliphatic rings. The number of hydrogen-bond donors (Lipinski definition) is 2. The van der Waals surface area contributed by atoms with Gasteiger partial charge in [-0.2, -0.15) is 8.42 Å². The fraction of sp³-hybridized carbons (Fsp3) is 0.125. The Labute approximate surface area is 138 Å². The Morgan fingerprint density at radius 3 is 2.38 bits per heavy atom. The van der Waals surface area contributed by atoms with Crippen LogP contribution in [0.4, 0.5) is 5.69 Å². The highest BCUT2D eigenvalue weighted by molar-refractivity contribution is 7.85. The Balaban J connectivity index is 1.85. The van der Waals surface area contributed by atoms with E-state index in [0.29, 0.717) is 11.3 Å². The van der Waals surface area contributed by atoms with Crippen LogP contribution in [0.2, 0.25) is 0 Å². The van der Waals surface area contributed by atoms with E-state index in [2.05, 4.69) is 0 Å². The van der Waals surface area contributed by atoms with Gasteiger partial charge in [0, 0.05) is 12.2 Å². The van der Waals surface area contributed by atoms with E-state index in [1.165, 1.54) is 30.3 Å². The van der Waals surface area contributed by atoms with E-state index in [1.54, 1.807) is 12.1 Å². The molecule has 124 valence electrons. The number of nitrogen functional groups attached to an aromatic ring is 1. The van der Waals surface area contributed by atoms with E-state index in [-0.39, 0.29) is 29.0 Å². The molecule has 0 aliphatic carbocycles. The van der Waals surface area contributed by atoms with Gasteiger partial charge >= 0.3 is 0 Å². The minimum atomic E-state index is -4.37. The molecule has 0 unspecified atom stereocenters. The third-order valence-electron chi connectivity index (χ3n) is 3.85. The van der Waals surface area contributed by atoms with E-state index in [9.17, 15) is 22.6 Å². The predicted octanol–water partition coefficient (Wildman–Crippen LogP) is 1.35. The third kappa shape index (κ3) is 2.77. The number of imide groups is 1. The number of nitrogens with zero attached hydrogens (tertiary/aromatic N) is 1. The van der Waals surface area contributed by atoms with Crippen molar-refractivity contribution in [3.63, 3.8) is 0 Å². The van der Waals surface area contributed by atoms with Crippen LogP contribution in [0.5, 0.6) is 0 Å². The van der Waals surface area contributed by atoms with Crippen molar-refractivity contribution in [1.82, 2.24) is 4.90 Å². The lowest BCUT2D eigenvalue weighted by molar-refractivity contribution is 0.0656. The Hall–Kier alpha value is -2.71. The SMILES string of the molecule is Nc1ccc2c(c1)C(=O)N(CCc1ccccc1S(=O)(=O)O)C2=O. The van der Waals surface area contributed by atoms with Crippen molar-refractivity contribution >= 4 is 27.6 Å². The van der Waals surface area contributed by atoms with Crippen LogP contribution < -0.4 is 5.73 Å². The Kier molecular flexibility index (Phi) is 3.86. The maximum atomic E-state index is 12.3. The van der Waals surface area contributed by atoms with Crippen LogP contribution in [0.3, 0.4) is 0 Å². The summed E-state index contributed by atoms with van der Waals surface area (Å²) in [6.45, 7) is -0.00121. The van der Waals surface area contributed by atoms with Crippen LogP contribution >= 0.6 is 0 Å². The summed E-state index contributed by atoms with van der Waals surface area (Å²) in [6.07, 6.45) is 0.108. The van der Waals surface area contributed by atoms with E-state index in [1.807, 2.05) is 0 Å². The molecule has 0 spiro atoms. The van der Waals surface area contributed by atoms with Gasteiger partial charge in [-0.25, -0.2) is 0 Å². The van der Waals surface area contributed by atoms with Crippen molar-refractivity contribution in [2.24, 2.45) is 0 Å². The molecule has 0 aromatic heterocycles. The van der Waals surface area contributed by atoms with Gasteiger partial charge in [0.2, 0.25) is 0 Å². The molecule has 7 nitrogen and oxygen atoms in total. The number of fused-ring (bicyclic) bond motifs is 1. The standard InChI is InChI=1S/C16H14N2O5S/c17-11-5-6-12-13(9-11)16(20)18(15(12)19)8-7-10-3-1-2-4-14(10)24(21,22)23/h1-6,9H,7-8,17H2,(H,21,22,23). The molecule has 24 heavy (non-hydrogen) atoms. The lowest BCUT2D eigenvalue weighted by atomic mass is 10.1. The molecule has 0 saturated heterocycles. The van der Waals surface area contributed by atoms with Gasteiger partial charge in [0.1, 0.15) is 0 Å². The van der Waals surface area contributed by atoms with Crippen LogP contribution in [0, 0.1) is 0 Å². The number of hydrogen-bond acceptors (Lipinski definition) is 5. The van der Waals surface area contributed by atoms with Crippen molar-refractivity contribution < 1.29 is 22.6 Å². The smallest absolute Gasteiger partial charge is 0.294 e. The quantitative estimate of drug-likeness (QED) is 0.490.